The van der Waals surface area contributed by atoms with Crippen LogP contribution in [0.15, 0.2) is 48.5 Å². The molecule has 2 aromatic carbocycles. The van der Waals surface area contributed by atoms with Crippen molar-refractivity contribution < 1.29 is 24.3 Å². The molecule has 2 unspecified atom stereocenters. The molecule has 3 amide bonds. The van der Waals surface area contributed by atoms with Gasteiger partial charge < -0.3 is 20.6 Å². The van der Waals surface area contributed by atoms with Gasteiger partial charge in [0.25, 0.3) is 11.8 Å². The fourth-order valence-corrected chi connectivity index (χ4v) is 3.49. The van der Waals surface area contributed by atoms with Gasteiger partial charge in [0.15, 0.2) is 0 Å². The summed E-state index contributed by atoms with van der Waals surface area (Å²) in [5.41, 5.74) is 1.96. The molecule has 0 fully saturated rings. The molecule has 0 spiro atoms. The van der Waals surface area contributed by atoms with E-state index >= 15 is 0 Å². The van der Waals surface area contributed by atoms with Gasteiger partial charge in [-0.25, -0.2) is 0 Å². The summed E-state index contributed by atoms with van der Waals surface area (Å²) in [6.45, 7) is 5.19. The molecule has 8 heteroatoms. The highest BCUT2D eigenvalue weighted by Crippen LogP contribution is 2.30. The van der Waals surface area contributed by atoms with Gasteiger partial charge in [-0.3, -0.25) is 19.2 Å². The molecule has 0 bridgehead atoms. The first kappa shape index (κ1) is 22.0. The Hall–Kier alpha value is -3.68. The van der Waals surface area contributed by atoms with Crippen LogP contribution in [0, 0.1) is 5.92 Å². The zero-order valence-electron chi connectivity index (χ0n) is 17.6. The fraction of sp³-hybridized carbons (Fsp3) is 0.304. The zero-order chi connectivity index (χ0) is 22.7. The van der Waals surface area contributed by atoms with Crippen LogP contribution in [-0.2, 0) is 16.1 Å². The number of benzene rings is 2. The molecule has 2 atom stereocenters. The van der Waals surface area contributed by atoms with Crippen molar-refractivity contribution in [3.8, 4) is 0 Å². The number of nitrogens with zero attached hydrogens (tertiary/aromatic N) is 1. The van der Waals surface area contributed by atoms with Crippen molar-refractivity contribution in [1.82, 2.24) is 10.6 Å². The van der Waals surface area contributed by atoms with Crippen LogP contribution in [0.3, 0.4) is 0 Å². The second kappa shape index (κ2) is 8.99. The molecule has 0 aromatic heterocycles. The van der Waals surface area contributed by atoms with Gasteiger partial charge in [-0.1, -0.05) is 44.2 Å². The zero-order valence-corrected chi connectivity index (χ0v) is 17.6. The van der Waals surface area contributed by atoms with Gasteiger partial charge in [0.2, 0.25) is 5.91 Å². The highest BCUT2D eigenvalue weighted by Gasteiger charge is 2.34. The third-order valence-corrected chi connectivity index (χ3v) is 5.22. The molecule has 0 radical (unpaired) electrons. The lowest BCUT2D eigenvalue weighted by Crippen LogP contribution is -2.53. The van der Waals surface area contributed by atoms with E-state index in [0.717, 1.165) is 11.3 Å². The van der Waals surface area contributed by atoms with E-state index in [9.17, 15) is 19.2 Å². The molecule has 0 saturated heterocycles. The number of para-hydroxylation sites is 1. The van der Waals surface area contributed by atoms with E-state index in [-0.39, 0.29) is 17.4 Å². The summed E-state index contributed by atoms with van der Waals surface area (Å²) in [6.07, 6.45) is 0. The van der Waals surface area contributed by atoms with E-state index in [2.05, 4.69) is 10.6 Å². The molecule has 3 rings (SSSR count). The van der Waals surface area contributed by atoms with Gasteiger partial charge in [0.05, 0.1) is 17.7 Å². The molecular formula is C23H25N3O5. The number of hydrogen-bond acceptors (Lipinski definition) is 4. The van der Waals surface area contributed by atoms with Crippen molar-refractivity contribution in [2.45, 2.75) is 39.4 Å². The van der Waals surface area contributed by atoms with E-state index in [0.29, 0.717) is 12.1 Å². The minimum absolute atomic E-state index is 0.186. The van der Waals surface area contributed by atoms with Gasteiger partial charge in [-0.2, -0.15) is 0 Å². The number of carboxylic acid groups (broad SMARTS) is 1. The monoisotopic (exact) mass is 423 g/mol. The Morgan fingerprint density at radius 2 is 1.65 bits per heavy atom. The Bertz CT molecular complexity index is 1020. The number of carboxylic acids is 1. The maximum Gasteiger partial charge on any atom is 0.325 e. The average molecular weight is 423 g/mol. The van der Waals surface area contributed by atoms with Crippen LogP contribution in [0.2, 0.25) is 0 Å². The van der Waals surface area contributed by atoms with E-state index in [1.807, 2.05) is 30.3 Å². The first-order valence-corrected chi connectivity index (χ1v) is 10.0. The Labute approximate surface area is 180 Å². The van der Waals surface area contributed by atoms with Crippen LogP contribution in [0.5, 0.6) is 0 Å². The molecule has 162 valence electrons. The Balaban J connectivity index is 1.84. The Morgan fingerprint density at radius 1 is 0.968 bits per heavy atom. The van der Waals surface area contributed by atoms with Gasteiger partial charge in [-0.15, -0.1) is 0 Å². The summed E-state index contributed by atoms with van der Waals surface area (Å²) in [6, 6.07) is 12.2. The molecule has 1 aliphatic rings. The second-order valence-electron chi connectivity index (χ2n) is 7.83. The standard InChI is InChI=1S/C23H25N3O5/c1-13(2)19(21(28)24-14(3)23(30)31)25-20(27)17-11-7-8-15-12-26(22(29)18(15)17)16-9-5-4-6-10-16/h4-11,13-14,19H,12H2,1-3H3,(H,24,28)(H,25,27)(H,30,31). The molecule has 2 aromatic rings. The topological polar surface area (TPSA) is 116 Å². The normalized spacial score (nSPS) is 14.7. The summed E-state index contributed by atoms with van der Waals surface area (Å²) in [4.78, 5) is 51.3. The van der Waals surface area contributed by atoms with Crippen LogP contribution >= 0.6 is 0 Å². The lowest BCUT2D eigenvalue weighted by molar-refractivity contribution is -0.141. The van der Waals surface area contributed by atoms with Crippen molar-refractivity contribution in [2.75, 3.05) is 4.90 Å². The maximum atomic E-state index is 13.1. The number of fused-ring (bicyclic) bond motifs is 1. The molecule has 3 N–H and O–H groups in total. The number of carbonyl (C=O) groups excluding carboxylic acids is 3. The number of aliphatic carboxylic acids is 1. The van der Waals surface area contributed by atoms with Crippen molar-refractivity contribution in [3.05, 3.63) is 65.2 Å². The summed E-state index contributed by atoms with van der Waals surface area (Å²) in [7, 11) is 0. The number of anilines is 1. The number of nitrogens with one attached hydrogen (secondary N) is 2. The summed E-state index contributed by atoms with van der Waals surface area (Å²) in [5, 5.41) is 14.1. The van der Waals surface area contributed by atoms with Gasteiger partial charge in [0.1, 0.15) is 12.1 Å². The van der Waals surface area contributed by atoms with Crippen molar-refractivity contribution in [3.63, 3.8) is 0 Å². The first-order valence-electron chi connectivity index (χ1n) is 10.0. The number of hydrogen-bond donors (Lipinski definition) is 3. The largest absolute Gasteiger partial charge is 0.480 e. The number of carbonyl (C=O) groups is 4. The molecule has 8 nitrogen and oxygen atoms in total. The molecular weight excluding hydrogens is 398 g/mol. The van der Waals surface area contributed by atoms with Crippen molar-refractivity contribution in [1.29, 1.82) is 0 Å². The van der Waals surface area contributed by atoms with E-state index in [4.69, 9.17) is 5.11 Å². The molecule has 0 aliphatic carbocycles. The first-order chi connectivity index (χ1) is 14.7. The van der Waals surface area contributed by atoms with E-state index < -0.39 is 29.9 Å². The summed E-state index contributed by atoms with van der Waals surface area (Å²) in [5.74, 6) is -2.90. The Morgan fingerprint density at radius 3 is 2.26 bits per heavy atom. The molecule has 1 heterocycles. The highest BCUT2D eigenvalue weighted by molar-refractivity contribution is 6.16. The van der Waals surface area contributed by atoms with Crippen LogP contribution in [-0.4, -0.2) is 40.9 Å². The van der Waals surface area contributed by atoms with Crippen molar-refractivity contribution in [2.24, 2.45) is 5.92 Å². The second-order valence-corrected chi connectivity index (χ2v) is 7.83. The number of rotatable bonds is 7. The minimum atomic E-state index is -1.17. The smallest absolute Gasteiger partial charge is 0.325 e. The molecule has 0 saturated carbocycles. The van der Waals surface area contributed by atoms with Crippen LogP contribution in [0.1, 0.15) is 47.1 Å². The van der Waals surface area contributed by atoms with Crippen LogP contribution in [0.25, 0.3) is 0 Å². The quantitative estimate of drug-likeness (QED) is 0.631. The lowest BCUT2D eigenvalue weighted by Gasteiger charge is -2.23. The van der Waals surface area contributed by atoms with Crippen molar-refractivity contribution >= 4 is 29.4 Å². The van der Waals surface area contributed by atoms with E-state index in [1.165, 1.54) is 6.92 Å². The lowest BCUT2D eigenvalue weighted by atomic mass is 9.99. The predicted molar refractivity (Wildman–Crippen MR) is 115 cm³/mol. The van der Waals surface area contributed by atoms with Crippen LogP contribution < -0.4 is 15.5 Å². The third-order valence-electron chi connectivity index (χ3n) is 5.22. The maximum absolute atomic E-state index is 13.1. The predicted octanol–water partition coefficient (Wildman–Crippen LogP) is 2.19. The fourth-order valence-electron chi connectivity index (χ4n) is 3.49. The average Bonchev–Trinajstić information content (AvgIpc) is 3.08. The van der Waals surface area contributed by atoms with E-state index in [1.54, 1.807) is 36.9 Å². The van der Waals surface area contributed by atoms with Gasteiger partial charge in [0, 0.05) is 5.69 Å². The summed E-state index contributed by atoms with van der Waals surface area (Å²) >= 11 is 0. The SMILES string of the molecule is CC(NC(=O)C(NC(=O)c1cccc2c1C(=O)N(c1ccccc1)C2)C(C)C)C(=O)O. The Kier molecular flexibility index (Phi) is 6.39. The number of amides is 3. The third kappa shape index (κ3) is 4.58. The molecule has 1 aliphatic heterocycles. The minimum Gasteiger partial charge on any atom is -0.480 e. The van der Waals surface area contributed by atoms with Gasteiger partial charge in [-0.05, 0) is 36.6 Å². The molecule has 31 heavy (non-hydrogen) atoms. The summed E-state index contributed by atoms with van der Waals surface area (Å²) < 4.78 is 0. The highest BCUT2D eigenvalue weighted by atomic mass is 16.4. The van der Waals surface area contributed by atoms with Gasteiger partial charge >= 0.3 is 5.97 Å². The van der Waals surface area contributed by atoms with Crippen LogP contribution in [0.4, 0.5) is 5.69 Å².